The van der Waals surface area contributed by atoms with Gasteiger partial charge < -0.3 is 0 Å². The average molecular weight is 253 g/mol. The Morgan fingerprint density at radius 1 is 1.11 bits per heavy atom. The van der Waals surface area contributed by atoms with Crippen molar-refractivity contribution in [1.29, 1.82) is 0 Å². The van der Waals surface area contributed by atoms with Crippen molar-refractivity contribution < 1.29 is 4.39 Å². The van der Waals surface area contributed by atoms with Crippen LogP contribution in [0.4, 0.5) is 4.39 Å². The third kappa shape index (κ3) is 3.93. The third-order valence-corrected chi connectivity index (χ3v) is 2.79. The van der Waals surface area contributed by atoms with E-state index in [1.807, 2.05) is 12.1 Å². The van der Waals surface area contributed by atoms with Gasteiger partial charge in [-0.15, -0.1) is 0 Å². The second-order valence-electron chi connectivity index (χ2n) is 4.34. The number of nitrogens with zero attached hydrogens (tertiary/aromatic N) is 1. The molecule has 1 aromatic carbocycles. The molecule has 0 aliphatic rings. The molecular formula is C17H16FN. The summed E-state index contributed by atoms with van der Waals surface area (Å²) in [4.78, 5) is 4.35. The summed E-state index contributed by atoms with van der Waals surface area (Å²) in [7, 11) is 0. The van der Waals surface area contributed by atoms with Gasteiger partial charge in [-0.1, -0.05) is 25.2 Å². The Balaban J connectivity index is 2.09. The van der Waals surface area contributed by atoms with E-state index in [-0.39, 0.29) is 5.82 Å². The molecule has 0 atom stereocenters. The first-order valence-electron chi connectivity index (χ1n) is 6.50. The van der Waals surface area contributed by atoms with Crippen LogP contribution in [0, 0.1) is 17.7 Å². The number of unbranched alkanes of at least 4 members (excludes halogenated alkanes) is 2. The zero-order chi connectivity index (χ0) is 13.5. The normalized spacial score (nSPS) is 9.79. The molecule has 0 N–H and O–H groups in total. The maximum absolute atomic E-state index is 12.8. The summed E-state index contributed by atoms with van der Waals surface area (Å²) >= 11 is 0. The fourth-order valence-electron chi connectivity index (χ4n) is 1.69. The number of hydrogen-bond acceptors (Lipinski definition) is 1. The topological polar surface area (TPSA) is 12.9 Å². The summed E-state index contributed by atoms with van der Waals surface area (Å²) in [5, 5.41) is 0. The molecule has 0 fully saturated rings. The van der Waals surface area contributed by atoms with Crippen molar-refractivity contribution in [1.82, 2.24) is 4.98 Å². The molecule has 0 saturated heterocycles. The lowest BCUT2D eigenvalue weighted by atomic mass is 10.1. The minimum Gasteiger partial charge on any atom is -0.255 e. The molecule has 0 radical (unpaired) electrons. The highest BCUT2D eigenvalue weighted by atomic mass is 19.1. The van der Waals surface area contributed by atoms with Crippen molar-refractivity contribution in [2.75, 3.05) is 0 Å². The first kappa shape index (κ1) is 13.3. The van der Waals surface area contributed by atoms with Gasteiger partial charge in [-0.05, 0) is 42.8 Å². The van der Waals surface area contributed by atoms with Crippen LogP contribution < -0.4 is 0 Å². The van der Waals surface area contributed by atoms with Gasteiger partial charge in [-0.2, -0.15) is 0 Å². The summed E-state index contributed by atoms with van der Waals surface area (Å²) in [5.41, 5.74) is 2.66. The lowest BCUT2D eigenvalue weighted by Gasteiger charge is -2.00. The first-order chi connectivity index (χ1) is 9.29. The van der Waals surface area contributed by atoms with Crippen LogP contribution in [0.1, 0.15) is 31.7 Å². The number of rotatable bonds is 3. The second kappa shape index (κ2) is 6.70. The smallest absolute Gasteiger partial charge is 0.123 e. The number of halogens is 1. The van der Waals surface area contributed by atoms with Crippen molar-refractivity contribution in [3.05, 3.63) is 54.0 Å². The maximum atomic E-state index is 12.8. The van der Waals surface area contributed by atoms with Gasteiger partial charge in [0, 0.05) is 23.7 Å². The van der Waals surface area contributed by atoms with E-state index in [1.54, 1.807) is 18.3 Å². The van der Waals surface area contributed by atoms with Gasteiger partial charge in [0.2, 0.25) is 0 Å². The molecule has 0 aliphatic carbocycles. The molecule has 0 unspecified atom stereocenters. The Morgan fingerprint density at radius 3 is 2.53 bits per heavy atom. The molecule has 2 heteroatoms. The fraction of sp³-hybridized carbons (Fsp3) is 0.235. The van der Waals surface area contributed by atoms with Crippen LogP contribution in [0.5, 0.6) is 0 Å². The molecule has 0 aliphatic heterocycles. The Morgan fingerprint density at radius 2 is 1.89 bits per heavy atom. The predicted octanol–water partition coefficient (Wildman–Crippen LogP) is 4.43. The van der Waals surface area contributed by atoms with E-state index < -0.39 is 0 Å². The minimum absolute atomic E-state index is 0.234. The molecule has 1 heterocycles. The van der Waals surface area contributed by atoms with E-state index in [0.717, 1.165) is 36.1 Å². The zero-order valence-corrected chi connectivity index (χ0v) is 11.0. The third-order valence-electron chi connectivity index (χ3n) is 2.79. The van der Waals surface area contributed by atoms with Crippen LogP contribution >= 0.6 is 0 Å². The highest BCUT2D eigenvalue weighted by Crippen LogP contribution is 2.17. The number of benzene rings is 1. The van der Waals surface area contributed by atoms with Crippen molar-refractivity contribution in [2.24, 2.45) is 0 Å². The molecule has 1 aromatic heterocycles. The molecule has 19 heavy (non-hydrogen) atoms. The lowest BCUT2D eigenvalue weighted by molar-refractivity contribution is 0.628. The fourth-order valence-corrected chi connectivity index (χ4v) is 1.69. The average Bonchev–Trinajstić information content (AvgIpc) is 2.45. The highest BCUT2D eigenvalue weighted by molar-refractivity contribution is 5.59. The van der Waals surface area contributed by atoms with E-state index >= 15 is 0 Å². The van der Waals surface area contributed by atoms with E-state index in [9.17, 15) is 4.39 Å². The number of aromatic nitrogens is 1. The van der Waals surface area contributed by atoms with Gasteiger partial charge in [-0.3, -0.25) is 4.98 Å². The van der Waals surface area contributed by atoms with Crippen LogP contribution in [0.2, 0.25) is 0 Å². The second-order valence-corrected chi connectivity index (χ2v) is 4.34. The van der Waals surface area contributed by atoms with Gasteiger partial charge in [0.05, 0.1) is 5.69 Å². The van der Waals surface area contributed by atoms with Crippen molar-refractivity contribution >= 4 is 0 Å². The summed E-state index contributed by atoms with van der Waals surface area (Å²) in [6.07, 6.45) is 4.98. The van der Waals surface area contributed by atoms with Crippen LogP contribution in [-0.4, -0.2) is 4.98 Å². The van der Waals surface area contributed by atoms with Crippen LogP contribution in [0.25, 0.3) is 11.3 Å². The van der Waals surface area contributed by atoms with E-state index in [0.29, 0.717) is 0 Å². The highest BCUT2D eigenvalue weighted by Gasteiger charge is 1.99. The summed E-state index contributed by atoms with van der Waals surface area (Å²) < 4.78 is 12.8. The van der Waals surface area contributed by atoms with Gasteiger partial charge in [-0.25, -0.2) is 4.39 Å². The summed E-state index contributed by atoms with van der Waals surface area (Å²) in [6, 6.07) is 10.2. The molecule has 0 amide bonds. The molecule has 0 spiro atoms. The van der Waals surface area contributed by atoms with Crippen LogP contribution in [0.15, 0.2) is 42.6 Å². The van der Waals surface area contributed by atoms with Crippen molar-refractivity contribution in [3.8, 4) is 23.1 Å². The lowest BCUT2D eigenvalue weighted by Crippen LogP contribution is -1.85. The predicted molar refractivity (Wildman–Crippen MR) is 76.0 cm³/mol. The maximum Gasteiger partial charge on any atom is 0.123 e. The van der Waals surface area contributed by atoms with E-state index in [4.69, 9.17) is 0 Å². The van der Waals surface area contributed by atoms with E-state index in [1.165, 1.54) is 12.1 Å². The van der Waals surface area contributed by atoms with Crippen LogP contribution in [-0.2, 0) is 0 Å². The largest absolute Gasteiger partial charge is 0.255 e. The Hall–Kier alpha value is -2.14. The quantitative estimate of drug-likeness (QED) is 0.582. The molecule has 96 valence electrons. The molecule has 2 aromatic rings. The van der Waals surface area contributed by atoms with Crippen molar-refractivity contribution in [2.45, 2.75) is 26.2 Å². The SMILES string of the molecule is CCCCC#Cc1ccc(-c2ccc(F)cc2)nc1. The van der Waals surface area contributed by atoms with Gasteiger partial charge >= 0.3 is 0 Å². The van der Waals surface area contributed by atoms with E-state index in [2.05, 4.69) is 23.7 Å². The molecule has 0 bridgehead atoms. The molecular weight excluding hydrogens is 237 g/mol. The zero-order valence-electron chi connectivity index (χ0n) is 11.0. The monoisotopic (exact) mass is 253 g/mol. The number of pyridine rings is 1. The molecule has 1 nitrogen and oxygen atoms in total. The Labute approximate surface area is 113 Å². The Kier molecular flexibility index (Phi) is 4.69. The first-order valence-corrected chi connectivity index (χ1v) is 6.50. The minimum atomic E-state index is -0.234. The summed E-state index contributed by atoms with van der Waals surface area (Å²) in [5.74, 6) is 5.99. The van der Waals surface area contributed by atoms with Crippen LogP contribution in [0.3, 0.4) is 0 Å². The Bertz CT molecular complexity index is 573. The summed E-state index contributed by atoms with van der Waals surface area (Å²) in [6.45, 7) is 2.15. The van der Waals surface area contributed by atoms with Gasteiger partial charge in [0.25, 0.3) is 0 Å². The number of hydrogen-bond donors (Lipinski definition) is 0. The van der Waals surface area contributed by atoms with Gasteiger partial charge in [0.15, 0.2) is 0 Å². The molecule has 0 saturated carbocycles. The van der Waals surface area contributed by atoms with Gasteiger partial charge in [0.1, 0.15) is 5.82 Å². The van der Waals surface area contributed by atoms with Crippen molar-refractivity contribution in [3.63, 3.8) is 0 Å². The standard InChI is InChI=1S/C17H16FN/c1-2-3-4-5-6-14-7-12-17(19-13-14)15-8-10-16(18)11-9-15/h7-13H,2-4H2,1H3. The molecule has 2 rings (SSSR count).